The van der Waals surface area contributed by atoms with Crippen molar-refractivity contribution in [2.45, 2.75) is 10.3 Å². The molecule has 0 spiro atoms. The zero-order valence-electron chi connectivity index (χ0n) is 7.58. The molecule has 1 aromatic heterocycles. The second kappa shape index (κ2) is 5.56. The maximum atomic E-state index is 10.7. The Kier molecular flexibility index (Phi) is 4.34. The Morgan fingerprint density at radius 3 is 3.00 bits per heavy atom. The first-order valence-electron chi connectivity index (χ1n) is 3.88. The molecule has 76 valence electrons. The van der Waals surface area contributed by atoms with E-state index in [1.807, 2.05) is 0 Å². The smallest absolute Gasteiger partial charge is 0.319 e. The minimum atomic E-state index is -0.914. The molecule has 0 aliphatic carbocycles. The van der Waals surface area contributed by atoms with Crippen LogP contribution in [0, 0.1) is 0 Å². The van der Waals surface area contributed by atoms with Crippen molar-refractivity contribution < 1.29 is 14.6 Å². The second-order valence-electron chi connectivity index (χ2n) is 2.44. The van der Waals surface area contributed by atoms with E-state index in [2.05, 4.69) is 9.97 Å². The van der Waals surface area contributed by atoms with Gasteiger partial charge in [-0.3, -0.25) is 9.78 Å². The van der Waals surface area contributed by atoms with Crippen LogP contribution < -0.4 is 0 Å². The topological polar surface area (TPSA) is 72.3 Å². The highest BCUT2D eigenvalue weighted by Gasteiger charge is 2.19. The normalized spacial score (nSPS) is 12.4. The number of carboxylic acid groups (broad SMARTS) is 1. The maximum absolute atomic E-state index is 10.7. The number of thioether (sulfide) groups is 1. The van der Waals surface area contributed by atoms with Crippen LogP contribution in [0.4, 0.5) is 0 Å². The molecule has 14 heavy (non-hydrogen) atoms. The lowest BCUT2D eigenvalue weighted by Gasteiger charge is -2.08. The molecular weight excluding hydrogens is 204 g/mol. The molecule has 1 aromatic rings. The van der Waals surface area contributed by atoms with E-state index in [9.17, 15) is 4.79 Å². The van der Waals surface area contributed by atoms with Crippen molar-refractivity contribution in [3.8, 4) is 0 Å². The Balaban J connectivity index is 2.60. The molecule has 1 heterocycles. The van der Waals surface area contributed by atoms with Crippen LogP contribution in [0.1, 0.15) is 0 Å². The number of carbonyl (C=O) groups is 1. The van der Waals surface area contributed by atoms with Crippen LogP contribution in [0.5, 0.6) is 0 Å². The summed E-state index contributed by atoms with van der Waals surface area (Å²) in [7, 11) is 1.47. The quantitative estimate of drug-likeness (QED) is 0.726. The van der Waals surface area contributed by atoms with Crippen LogP contribution in [-0.4, -0.2) is 40.0 Å². The number of hydrogen-bond acceptors (Lipinski definition) is 5. The molecule has 0 saturated carbocycles. The lowest BCUT2D eigenvalue weighted by Crippen LogP contribution is -2.21. The molecule has 1 N–H and O–H groups in total. The van der Waals surface area contributed by atoms with Gasteiger partial charge in [0.2, 0.25) is 0 Å². The number of ether oxygens (including phenoxy) is 1. The standard InChI is InChI=1S/C8H10N2O3S/c1-13-5-6(8(11)12)14-7-4-9-2-3-10-7/h2-4,6H,5H2,1H3,(H,11,12). The number of hydrogen-bond donors (Lipinski definition) is 1. The van der Waals surface area contributed by atoms with E-state index in [0.717, 1.165) is 11.8 Å². The minimum absolute atomic E-state index is 0.149. The molecule has 0 fully saturated rings. The first-order chi connectivity index (χ1) is 6.74. The van der Waals surface area contributed by atoms with E-state index in [4.69, 9.17) is 9.84 Å². The molecule has 5 nitrogen and oxygen atoms in total. The van der Waals surface area contributed by atoms with E-state index < -0.39 is 11.2 Å². The molecule has 0 bridgehead atoms. The summed E-state index contributed by atoms with van der Waals surface area (Å²) in [6.45, 7) is 0.149. The lowest BCUT2D eigenvalue weighted by atomic mass is 10.5. The monoisotopic (exact) mass is 214 g/mol. The maximum Gasteiger partial charge on any atom is 0.319 e. The van der Waals surface area contributed by atoms with E-state index >= 15 is 0 Å². The van der Waals surface area contributed by atoms with Crippen LogP contribution >= 0.6 is 11.8 Å². The van der Waals surface area contributed by atoms with Crippen LogP contribution in [0.2, 0.25) is 0 Å². The Morgan fingerprint density at radius 2 is 2.50 bits per heavy atom. The zero-order valence-corrected chi connectivity index (χ0v) is 8.40. The molecule has 0 saturated heterocycles. The van der Waals surface area contributed by atoms with Crippen molar-refractivity contribution in [2.24, 2.45) is 0 Å². The first kappa shape index (κ1) is 10.9. The fraction of sp³-hybridized carbons (Fsp3) is 0.375. The number of methoxy groups -OCH3 is 1. The highest BCUT2D eigenvalue weighted by Crippen LogP contribution is 2.20. The van der Waals surface area contributed by atoms with Gasteiger partial charge in [-0.25, -0.2) is 4.98 Å². The molecule has 0 aliphatic heterocycles. The molecule has 6 heteroatoms. The van der Waals surface area contributed by atoms with Gasteiger partial charge >= 0.3 is 5.97 Å². The van der Waals surface area contributed by atoms with E-state index in [0.29, 0.717) is 5.03 Å². The molecule has 0 radical (unpaired) electrons. The summed E-state index contributed by atoms with van der Waals surface area (Å²) in [5.41, 5.74) is 0. The van der Waals surface area contributed by atoms with Gasteiger partial charge in [0.1, 0.15) is 10.3 Å². The van der Waals surface area contributed by atoms with Gasteiger partial charge in [-0.05, 0) is 0 Å². The van der Waals surface area contributed by atoms with E-state index in [1.54, 1.807) is 0 Å². The minimum Gasteiger partial charge on any atom is -0.480 e. The predicted molar refractivity (Wildman–Crippen MR) is 51.2 cm³/mol. The van der Waals surface area contributed by atoms with Gasteiger partial charge in [0.25, 0.3) is 0 Å². The van der Waals surface area contributed by atoms with Crippen molar-refractivity contribution >= 4 is 17.7 Å². The van der Waals surface area contributed by atoms with Crippen molar-refractivity contribution in [1.29, 1.82) is 0 Å². The van der Waals surface area contributed by atoms with E-state index in [1.165, 1.54) is 25.7 Å². The molecule has 0 amide bonds. The van der Waals surface area contributed by atoms with Crippen molar-refractivity contribution in [2.75, 3.05) is 13.7 Å². The molecule has 0 aliphatic rings. The fourth-order valence-electron chi connectivity index (χ4n) is 0.799. The zero-order chi connectivity index (χ0) is 10.4. The number of aromatic nitrogens is 2. The van der Waals surface area contributed by atoms with Gasteiger partial charge in [-0.2, -0.15) is 0 Å². The lowest BCUT2D eigenvalue weighted by molar-refractivity contribution is -0.137. The van der Waals surface area contributed by atoms with Crippen molar-refractivity contribution in [1.82, 2.24) is 9.97 Å². The van der Waals surface area contributed by atoms with Crippen LogP contribution in [0.3, 0.4) is 0 Å². The molecule has 1 unspecified atom stereocenters. The van der Waals surface area contributed by atoms with Crippen LogP contribution in [0.25, 0.3) is 0 Å². The summed E-state index contributed by atoms with van der Waals surface area (Å²) in [4.78, 5) is 18.5. The van der Waals surface area contributed by atoms with Gasteiger partial charge < -0.3 is 9.84 Å². The van der Waals surface area contributed by atoms with Gasteiger partial charge in [0.05, 0.1) is 12.8 Å². The van der Waals surface area contributed by atoms with Gasteiger partial charge in [0, 0.05) is 19.5 Å². The SMILES string of the molecule is COCC(Sc1cnccn1)C(=O)O. The van der Waals surface area contributed by atoms with Crippen LogP contribution in [0.15, 0.2) is 23.6 Å². The number of rotatable bonds is 5. The summed E-state index contributed by atoms with van der Waals surface area (Å²) in [5.74, 6) is -0.914. The Morgan fingerprint density at radius 1 is 1.71 bits per heavy atom. The number of aliphatic carboxylic acids is 1. The molecule has 1 atom stereocenters. The molecular formula is C8H10N2O3S. The molecule has 1 rings (SSSR count). The third-order valence-electron chi connectivity index (χ3n) is 1.40. The number of carboxylic acids is 1. The third-order valence-corrected chi connectivity index (χ3v) is 2.47. The van der Waals surface area contributed by atoms with Gasteiger partial charge in [-0.15, -0.1) is 0 Å². The number of nitrogens with zero attached hydrogens (tertiary/aromatic N) is 2. The summed E-state index contributed by atoms with van der Waals surface area (Å²) < 4.78 is 4.79. The summed E-state index contributed by atoms with van der Waals surface area (Å²) >= 11 is 1.12. The largest absolute Gasteiger partial charge is 0.480 e. The predicted octanol–water partition coefficient (Wildman–Crippen LogP) is 0.668. The van der Waals surface area contributed by atoms with Crippen molar-refractivity contribution in [3.05, 3.63) is 18.6 Å². The average molecular weight is 214 g/mol. The summed E-state index contributed by atoms with van der Waals surface area (Å²) in [6, 6.07) is 0. The third kappa shape index (κ3) is 3.31. The summed E-state index contributed by atoms with van der Waals surface area (Å²) in [5, 5.41) is 8.76. The first-order valence-corrected chi connectivity index (χ1v) is 4.76. The van der Waals surface area contributed by atoms with Gasteiger partial charge in [-0.1, -0.05) is 11.8 Å². The Bertz CT molecular complexity index is 294. The van der Waals surface area contributed by atoms with Crippen molar-refractivity contribution in [3.63, 3.8) is 0 Å². The highest BCUT2D eigenvalue weighted by molar-refractivity contribution is 8.00. The van der Waals surface area contributed by atoms with Crippen LogP contribution in [-0.2, 0) is 9.53 Å². The van der Waals surface area contributed by atoms with E-state index in [-0.39, 0.29) is 6.61 Å². The Hall–Kier alpha value is -1.14. The van der Waals surface area contributed by atoms with Gasteiger partial charge in [0.15, 0.2) is 0 Å². The Labute approximate surface area is 85.5 Å². The summed E-state index contributed by atoms with van der Waals surface area (Å²) in [6.07, 6.45) is 4.58. The molecule has 0 aromatic carbocycles. The highest BCUT2D eigenvalue weighted by atomic mass is 32.2. The average Bonchev–Trinajstić information content (AvgIpc) is 2.18. The fourth-order valence-corrected chi connectivity index (χ4v) is 1.64. The second-order valence-corrected chi connectivity index (χ2v) is 3.67.